The van der Waals surface area contributed by atoms with E-state index in [1.165, 1.54) is 19.2 Å². The quantitative estimate of drug-likeness (QED) is 0.628. The molecule has 1 unspecified atom stereocenters. The van der Waals surface area contributed by atoms with Gasteiger partial charge in [0.1, 0.15) is 17.1 Å². The summed E-state index contributed by atoms with van der Waals surface area (Å²) in [7, 11) is 1.27. The van der Waals surface area contributed by atoms with Crippen LogP contribution in [0.25, 0.3) is 0 Å². The third kappa shape index (κ3) is 2.39. The van der Waals surface area contributed by atoms with Crippen molar-refractivity contribution in [2.24, 2.45) is 0 Å². The molecule has 22 heavy (non-hydrogen) atoms. The van der Waals surface area contributed by atoms with E-state index in [0.717, 1.165) is 15.6 Å². The predicted octanol–water partition coefficient (Wildman–Crippen LogP) is 3.75. The van der Waals surface area contributed by atoms with Crippen molar-refractivity contribution in [3.8, 4) is 11.5 Å². The highest BCUT2D eigenvalue weighted by atomic mass is 79.9. The van der Waals surface area contributed by atoms with Gasteiger partial charge in [0.15, 0.2) is 6.23 Å². The summed E-state index contributed by atoms with van der Waals surface area (Å²) in [5.41, 5.74) is 2.78. The molecule has 1 aliphatic rings. The summed E-state index contributed by atoms with van der Waals surface area (Å²) in [6, 6.07) is 8.80. The van der Waals surface area contributed by atoms with Gasteiger partial charge in [-0.15, -0.1) is 0 Å². The van der Waals surface area contributed by atoms with Crippen molar-refractivity contribution in [1.82, 2.24) is 0 Å². The van der Waals surface area contributed by atoms with Crippen molar-refractivity contribution in [1.29, 1.82) is 0 Å². The summed E-state index contributed by atoms with van der Waals surface area (Å²) >= 11 is 3.50. The van der Waals surface area contributed by atoms with Gasteiger partial charge in [-0.1, -0.05) is 28.1 Å². The third-order valence-corrected chi connectivity index (χ3v) is 4.49. The number of carbonyl (C=O) groups is 1. The lowest BCUT2D eigenvalue weighted by molar-refractivity contribution is 0.0597. The monoisotopic (exact) mass is 363 g/mol. The first kappa shape index (κ1) is 14.7. The molecular weight excluding hydrogens is 350 g/mol. The van der Waals surface area contributed by atoms with Gasteiger partial charge in [-0.2, -0.15) is 0 Å². The van der Waals surface area contributed by atoms with Gasteiger partial charge < -0.3 is 19.9 Å². The molecule has 2 aromatic carbocycles. The standard InChI is InChI=1S/C16H14BrNO4/c1-8-9(4-3-5-11(8)17)15-18-12-6-10(16(20)21-2)13(19)7-14(12)22-15/h3-7,15,18-19H,1-2H3. The van der Waals surface area contributed by atoms with Gasteiger partial charge in [0.2, 0.25) is 0 Å². The van der Waals surface area contributed by atoms with E-state index in [1.54, 1.807) is 0 Å². The molecule has 1 heterocycles. The number of hydrogen-bond acceptors (Lipinski definition) is 5. The zero-order valence-electron chi connectivity index (χ0n) is 12.0. The Bertz CT molecular complexity index is 760. The largest absolute Gasteiger partial charge is 0.507 e. The number of halogens is 1. The van der Waals surface area contributed by atoms with Gasteiger partial charge in [0.05, 0.1) is 12.8 Å². The van der Waals surface area contributed by atoms with E-state index in [4.69, 9.17) is 4.74 Å². The highest BCUT2D eigenvalue weighted by Gasteiger charge is 2.28. The molecular formula is C16H14BrNO4. The molecule has 1 atom stereocenters. The molecule has 6 heteroatoms. The van der Waals surface area contributed by atoms with Gasteiger partial charge >= 0.3 is 5.97 Å². The van der Waals surface area contributed by atoms with Crippen molar-refractivity contribution in [3.63, 3.8) is 0 Å². The van der Waals surface area contributed by atoms with E-state index >= 15 is 0 Å². The minimum absolute atomic E-state index is 0.101. The Balaban J connectivity index is 1.96. The van der Waals surface area contributed by atoms with E-state index in [2.05, 4.69) is 26.0 Å². The summed E-state index contributed by atoms with van der Waals surface area (Å²) in [6.45, 7) is 1.99. The molecule has 2 aromatic rings. The molecule has 114 valence electrons. The molecule has 0 radical (unpaired) electrons. The second-order valence-electron chi connectivity index (χ2n) is 4.95. The van der Waals surface area contributed by atoms with Gasteiger partial charge in [0, 0.05) is 16.1 Å². The third-order valence-electron chi connectivity index (χ3n) is 3.63. The number of fused-ring (bicyclic) bond motifs is 1. The number of rotatable bonds is 2. The molecule has 5 nitrogen and oxygen atoms in total. The normalized spacial score (nSPS) is 15.7. The number of nitrogens with one attached hydrogen (secondary N) is 1. The van der Waals surface area contributed by atoms with E-state index in [0.29, 0.717) is 11.4 Å². The minimum Gasteiger partial charge on any atom is -0.507 e. The molecule has 0 bridgehead atoms. The van der Waals surface area contributed by atoms with Crippen LogP contribution in [0.1, 0.15) is 27.7 Å². The molecule has 3 rings (SSSR count). The van der Waals surface area contributed by atoms with Crippen LogP contribution in [0, 0.1) is 6.92 Å². The average molecular weight is 364 g/mol. The number of phenols is 1. The molecule has 0 aliphatic carbocycles. The van der Waals surface area contributed by atoms with Gasteiger partial charge in [-0.25, -0.2) is 4.79 Å². The predicted molar refractivity (Wildman–Crippen MR) is 85.3 cm³/mol. The number of hydrogen-bond donors (Lipinski definition) is 2. The minimum atomic E-state index is -0.593. The Labute approximate surface area is 136 Å². The zero-order chi connectivity index (χ0) is 15.9. The second kappa shape index (κ2) is 5.53. The Hall–Kier alpha value is -2.21. The zero-order valence-corrected chi connectivity index (χ0v) is 13.6. The highest BCUT2D eigenvalue weighted by molar-refractivity contribution is 9.10. The Morgan fingerprint density at radius 1 is 1.41 bits per heavy atom. The van der Waals surface area contributed by atoms with Crippen molar-refractivity contribution in [2.45, 2.75) is 13.2 Å². The lowest BCUT2D eigenvalue weighted by Crippen LogP contribution is -2.11. The van der Waals surface area contributed by atoms with E-state index in [-0.39, 0.29) is 17.5 Å². The van der Waals surface area contributed by atoms with E-state index in [1.807, 2.05) is 25.1 Å². The topological polar surface area (TPSA) is 67.8 Å². The number of benzene rings is 2. The van der Waals surface area contributed by atoms with E-state index in [9.17, 15) is 9.90 Å². The Morgan fingerprint density at radius 3 is 2.91 bits per heavy atom. The first-order chi connectivity index (χ1) is 10.5. The number of aromatic hydroxyl groups is 1. The first-order valence-electron chi connectivity index (χ1n) is 6.64. The maximum Gasteiger partial charge on any atom is 0.341 e. The van der Waals surface area contributed by atoms with Crippen LogP contribution in [-0.4, -0.2) is 18.2 Å². The first-order valence-corrected chi connectivity index (χ1v) is 7.44. The van der Waals surface area contributed by atoms with Crippen LogP contribution in [0.4, 0.5) is 5.69 Å². The summed E-state index contributed by atoms with van der Waals surface area (Å²) < 4.78 is 11.5. The van der Waals surface area contributed by atoms with Crippen LogP contribution in [-0.2, 0) is 4.74 Å². The number of esters is 1. The highest BCUT2D eigenvalue weighted by Crippen LogP contribution is 2.42. The fourth-order valence-corrected chi connectivity index (χ4v) is 2.78. The summed E-state index contributed by atoms with van der Waals surface area (Å²) in [5.74, 6) is -0.266. The van der Waals surface area contributed by atoms with Crippen molar-refractivity contribution < 1.29 is 19.4 Å². The molecule has 0 saturated carbocycles. The average Bonchev–Trinajstić information content (AvgIpc) is 2.90. The van der Waals surface area contributed by atoms with Crippen LogP contribution < -0.4 is 10.1 Å². The van der Waals surface area contributed by atoms with Crippen molar-refractivity contribution >= 4 is 27.6 Å². The number of carbonyl (C=O) groups excluding carboxylic acids is 1. The van der Waals surface area contributed by atoms with Crippen LogP contribution in [0.15, 0.2) is 34.8 Å². The van der Waals surface area contributed by atoms with Crippen LogP contribution in [0.5, 0.6) is 11.5 Å². The molecule has 0 fully saturated rings. The van der Waals surface area contributed by atoms with Crippen LogP contribution in [0.2, 0.25) is 0 Å². The lowest BCUT2D eigenvalue weighted by atomic mass is 10.1. The number of methoxy groups -OCH3 is 1. The lowest BCUT2D eigenvalue weighted by Gasteiger charge is -2.15. The summed E-state index contributed by atoms with van der Waals surface area (Å²) in [4.78, 5) is 11.6. The fourth-order valence-electron chi connectivity index (χ4n) is 2.40. The number of phenolic OH excluding ortho intramolecular Hbond substituents is 1. The fraction of sp³-hybridized carbons (Fsp3) is 0.188. The van der Waals surface area contributed by atoms with Gasteiger partial charge in [0.25, 0.3) is 0 Å². The maximum atomic E-state index is 11.6. The molecule has 0 amide bonds. The summed E-state index contributed by atoms with van der Waals surface area (Å²) in [6.07, 6.45) is -0.375. The SMILES string of the molecule is COC(=O)c1cc2c(cc1O)OC(c1cccc(Br)c1C)N2. The van der Waals surface area contributed by atoms with Crippen LogP contribution in [0.3, 0.4) is 0 Å². The molecule has 0 saturated heterocycles. The maximum absolute atomic E-state index is 11.6. The Kier molecular flexibility index (Phi) is 3.70. The van der Waals surface area contributed by atoms with Crippen molar-refractivity contribution in [2.75, 3.05) is 12.4 Å². The molecule has 0 aromatic heterocycles. The number of anilines is 1. The molecule has 2 N–H and O–H groups in total. The molecule has 0 spiro atoms. The van der Waals surface area contributed by atoms with Crippen molar-refractivity contribution in [3.05, 3.63) is 51.5 Å². The van der Waals surface area contributed by atoms with Gasteiger partial charge in [-0.05, 0) is 24.6 Å². The Morgan fingerprint density at radius 2 is 2.18 bits per heavy atom. The number of ether oxygens (including phenoxy) is 2. The second-order valence-corrected chi connectivity index (χ2v) is 5.81. The van der Waals surface area contributed by atoms with Gasteiger partial charge in [-0.3, -0.25) is 0 Å². The van der Waals surface area contributed by atoms with E-state index < -0.39 is 5.97 Å². The summed E-state index contributed by atoms with van der Waals surface area (Å²) in [5, 5.41) is 13.1. The van der Waals surface area contributed by atoms with Crippen LogP contribution >= 0.6 is 15.9 Å². The molecule has 1 aliphatic heterocycles. The smallest absolute Gasteiger partial charge is 0.341 e.